The molecule has 1 aromatic carbocycles. The second-order valence-corrected chi connectivity index (χ2v) is 6.62. The summed E-state index contributed by atoms with van der Waals surface area (Å²) in [5.74, 6) is 0.298. The summed E-state index contributed by atoms with van der Waals surface area (Å²) in [6, 6.07) is 11.3. The zero-order valence-electron chi connectivity index (χ0n) is 15.0. The smallest absolute Gasteiger partial charge is 0.256 e. The van der Waals surface area contributed by atoms with E-state index in [0.717, 1.165) is 32.9 Å². The quantitative estimate of drug-likeness (QED) is 0.507. The van der Waals surface area contributed by atoms with Crippen LogP contribution in [0.4, 0.5) is 5.82 Å². The number of pyridine rings is 2. The Morgan fingerprint density at radius 3 is 2.75 bits per heavy atom. The van der Waals surface area contributed by atoms with Gasteiger partial charge >= 0.3 is 0 Å². The molecule has 0 spiro atoms. The maximum Gasteiger partial charge on any atom is 0.256 e. The van der Waals surface area contributed by atoms with E-state index >= 15 is 0 Å². The maximum atomic E-state index is 12.6. The maximum absolute atomic E-state index is 12.6. The SMILES string of the molecule is Cn1cc(-c2cc3cc(NC(=O)c4ccc5[nH]ccc5c4)ncc3cn2)cn1. The van der Waals surface area contributed by atoms with Crippen molar-refractivity contribution in [3.05, 3.63) is 72.9 Å². The third kappa shape index (κ3) is 2.88. The Morgan fingerprint density at radius 2 is 1.89 bits per heavy atom. The fraction of sp³-hybridized carbons (Fsp3) is 0.0476. The summed E-state index contributed by atoms with van der Waals surface area (Å²) in [5, 5.41) is 9.90. The molecule has 4 aromatic heterocycles. The van der Waals surface area contributed by atoms with Gasteiger partial charge in [0.25, 0.3) is 5.91 Å². The van der Waals surface area contributed by atoms with Crippen molar-refractivity contribution in [2.75, 3.05) is 5.32 Å². The van der Waals surface area contributed by atoms with Crippen LogP contribution in [0.25, 0.3) is 32.9 Å². The molecule has 7 nitrogen and oxygen atoms in total. The lowest BCUT2D eigenvalue weighted by atomic mass is 10.1. The van der Waals surface area contributed by atoms with Crippen LogP contribution in [0.15, 0.2) is 67.4 Å². The Balaban J connectivity index is 1.45. The summed E-state index contributed by atoms with van der Waals surface area (Å²) in [6.07, 6.45) is 9.02. The van der Waals surface area contributed by atoms with Crippen LogP contribution in [0, 0.1) is 0 Å². The fourth-order valence-corrected chi connectivity index (χ4v) is 3.20. The van der Waals surface area contributed by atoms with Gasteiger partial charge in [0.05, 0.1) is 11.9 Å². The Hall–Kier alpha value is -4.00. The van der Waals surface area contributed by atoms with Crippen molar-refractivity contribution in [2.45, 2.75) is 0 Å². The Morgan fingerprint density at radius 1 is 1.00 bits per heavy atom. The van der Waals surface area contributed by atoms with Crippen molar-refractivity contribution >= 4 is 33.4 Å². The van der Waals surface area contributed by atoms with E-state index in [1.54, 1.807) is 29.3 Å². The van der Waals surface area contributed by atoms with Crippen LogP contribution in [-0.4, -0.2) is 30.6 Å². The van der Waals surface area contributed by atoms with E-state index in [-0.39, 0.29) is 5.91 Å². The number of nitrogens with one attached hydrogen (secondary N) is 2. The van der Waals surface area contributed by atoms with Crippen LogP contribution in [0.3, 0.4) is 0 Å². The molecule has 7 heteroatoms. The molecule has 2 N–H and O–H groups in total. The topological polar surface area (TPSA) is 88.5 Å². The van der Waals surface area contributed by atoms with E-state index in [0.29, 0.717) is 11.4 Å². The molecule has 5 aromatic rings. The third-order valence-electron chi connectivity index (χ3n) is 4.66. The minimum atomic E-state index is -0.198. The van der Waals surface area contributed by atoms with E-state index < -0.39 is 0 Å². The second kappa shape index (κ2) is 6.31. The molecule has 0 bridgehead atoms. The zero-order chi connectivity index (χ0) is 19.1. The average Bonchev–Trinajstić information content (AvgIpc) is 3.35. The van der Waals surface area contributed by atoms with E-state index in [1.807, 2.05) is 49.8 Å². The predicted molar refractivity (Wildman–Crippen MR) is 108 cm³/mol. The summed E-state index contributed by atoms with van der Waals surface area (Å²) in [6.45, 7) is 0. The van der Waals surface area contributed by atoms with Crippen LogP contribution in [0.1, 0.15) is 10.4 Å². The van der Waals surface area contributed by atoms with Gasteiger partial charge in [-0.05, 0) is 41.8 Å². The highest BCUT2D eigenvalue weighted by atomic mass is 16.1. The van der Waals surface area contributed by atoms with Gasteiger partial charge in [-0.1, -0.05) is 0 Å². The average molecular weight is 368 g/mol. The summed E-state index contributed by atoms with van der Waals surface area (Å²) in [7, 11) is 1.87. The molecular weight excluding hydrogens is 352 g/mol. The van der Waals surface area contributed by atoms with Gasteiger partial charge in [0, 0.05) is 59.3 Å². The number of carbonyl (C=O) groups is 1. The lowest BCUT2D eigenvalue weighted by molar-refractivity contribution is 0.102. The molecule has 0 atom stereocenters. The molecule has 0 unspecified atom stereocenters. The van der Waals surface area contributed by atoms with Gasteiger partial charge in [-0.25, -0.2) is 4.98 Å². The Kier molecular flexibility index (Phi) is 3.65. The van der Waals surface area contributed by atoms with Gasteiger partial charge in [-0.2, -0.15) is 5.10 Å². The highest BCUT2D eigenvalue weighted by Crippen LogP contribution is 2.23. The molecule has 1 amide bonds. The monoisotopic (exact) mass is 368 g/mol. The number of anilines is 1. The fourth-order valence-electron chi connectivity index (χ4n) is 3.20. The molecule has 28 heavy (non-hydrogen) atoms. The summed E-state index contributed by atoms with van der Waals surface area (Å²) >= 11 is 0. The Labute approximate surface area is 160 Å². The first kappa shape index (κ1) is 16.2. The van der Waals surface area contributed by atoms with Crippen LogP contribution < -0.4 is 5.32 Å². The molecule has 5 rings (SSSR count). The number of aromatic amines is 1. The van der Waals surface area contributed by atoms with Crippen molar-refractivity contribution in [1.29, 1.82) is 0 Å². The van der Waals surface area contributed by atoms with E-state index in [9.17, 15) is 4.79 Å². The number of hydrogen-bond acceptors (Lipinski definition) is 4. The first-order valence-electron chi connectivity index (χ1n) is 8.79. The van der Waals surface area contributed by atoms with Crippen molar-refractivity contribution in [3.63, 3.8) is 0 Å². The number of rotatable bonds is 3. The van der Waals surface area contributed by atoms with Crippen LogP contribution >= 0.6 is 0 Å². The minimum absolute atomic E-state index is 0.198. The van der Waals surface area contributed by atoms with Gasteiger partial charge in [-0.3, -0.25) is 14.5 Å². The van der Waals surface area contributed by atoms with Crippen LogP contribution in [0.2, 0.25) is 0 Å². The first-order chi connectivity index (χ1) is 13.7. The standard InChI is InChI=1S/C21H16N6O/c1-27-12-17(11-25-27)19-7-15-8-20(24-10-16(15)9-23-19)26-21(28)14-2-3-18-13(6-14)4-5-22-18/h2-12,22H,1H3,(H,24,26,28). The number of benzene rings is 1. The van der Waals surface area contributed by atoms with E-state index in [1.165, 1.54) is 0 Å². The third-order valence-corrected chi connectivity index (χ3v) is 4.66. The molecule has 0 aliphatic rings. The largest absolute Gasteiger partial charge is 0.361 e. The number of aromatic nitrogens is 5. The van der Waals surface area contributed by atoms with Crippen molar-refractivity contribution < 1.29 is 4.79 Å². The van der Waals surface area contributed by atoms with E-state index in [4.69, 9.17) is 0 Å². The number of fused-ring (bicyclic) bond motifs is 2. The van der Waals surface area contributed by atoms with Crippen LogP contribution in [-0.2, 0) is 7.05 Å². The molecule has 0 fully saturated rings. The highest BCUT2D eigenvalue weighted by Gasteiger charge is 2.10. The van der Waals surface area contributed by atoms with Gasteiger partial charge in [0.2, 0.25) is 0 Å². The number of hydrogen-bond donors (Lipinski definition) is 2. The molecular formula is C21H16N6O. The summed E-state index contributed by atoms with van der Waals surface area (Å²) in [4.78, 5) is 24.5. The normalized spacial score (nSPS) is 11.2. The number of nitrogens with zero attached hydrogens (tertiary/aromatic N) is 4. The number of aryl methyl sites for hydroxylation is 1. The molecule has 0 radical (unpaired) electrons. The highest BCUT2D eigenvalue weighted by molar-refractivity contribution is 6.06. The van der Waals surface area contributed by atoms with Crippen molar-refractivity contribution in [2.24, 2.45) is 7.05 Å². The lowest BCUT2D eigenvalue weighted by Gasteiger charge is -2.07. The van der Waals surface area contributed by atoms with Gasteiger partial charge < -0.3 is 10.3 Å². The number of H-pyrrole nitrogens is 1. The van der Waals surface area contributed by atoms with Crippen LogP contribution in [0.5, 0.6) is 0 Å². The molecule has 4 heterocycles. The van der Waals surface area contributed by atoms with Gasteiger partial charge in [0.15, 0.2) is 0 Å². The molecule has 0 aliphatic carbocycles. The number of amides is 1. The molecule has 0 aliphatic heterocycles. The zero-order valence-corrected chi connectivity index (χ0v) is 15.0. The lowest BCUT2D eigenvalue weighted by Crippen LogP contribution is -2.12. The molecule has 0 saturated carbocycles. The van der Waals surface area contributed by atoms with Gasteiger partial charge in [0.1, 0.15) is 5.82 Å². The summed E-state index contributed by atoms with van der Waals surface area (Å²) in [5.41, 5.74) is 3.34. The second-order valence-electron chi connectivity index (χ2n) is 6.62. The first-order valence-corrected chi connectivity index (χ1v) is 8.79. The predicted octanol–water partition coefficient (Wildman–Crippen LogP) is 3.76. The molecule has 136 valence electrons. The minimum Gasteiger partial charge on any atom is -0.361 e. The summed E-state index contributed by atoms with van der Waals surface area (Å²) < 4.78 is 1.74. The van der Waals surface area contributed by atoms with Gasteiger partial charge in [-0.15, -0.1) is 0 Å². The molecule has 0 saturated heterocycles. The van der Waals surface area contributed by atoms with Crippen molar-refractivity contribution in [1.82, 2.24) is 24.7 Å². The number of carbonyl (C=O) groups excluding carboxylic acids is 1. The van der Waals surface area contributed by atoms with Crippen molar-refractivity contribution in [3.8, 4) is 11.3 Å². The Bertz CT molecular complexity index is 1330. The van der Waals surface area contributed by atoms with E-state index in [2.05, 4.69) is 25.4 Å².